The van der Waals surface area contributed by atoms with Gasteiger partial charge in [-0.05, 0) is 74.8 Å². The van der Waals surface area contributed by atoms with Crippen LogP contribution in [-0.4, -0.2) is 63.6 Å². The summed E-state index contributed by atoms with van der Waals surface area (Å²) in [4.78, 5) is 22.5. The molecule has 3 fully saturated rings. The third kappa shape index (κ3) is 5.52. The molecular formula is C29H33FIN4O3Si. The summed E-state index contributed by atoms with van der Waals surface area (Å²) in [6.07, 6.45) is 10.9. The molecular weight excluding hydrogens is 626 g/mol. The molecule has 1 N–H and O–H groups in total. The lowest BCUT2D eigenvalue weighted by atomic mass is 10.1. The van der Waals surface area contributed by atoms with E-state index in [4.69, 9.17) is 4.98 Å². The van der Waals surface area contributed by atoms with Crippen LogP contribution >= 0.6 is 19.7 Å². The van der Waals surface area contributed by atoms with E-state index in [-0.39, 0.29) is 17.8 Å². The number of carbonyl (C=O) groups is 1. The van der Waals surface area contributed by atoms with Crippen molar-refractivity contribution in [3.8, 4) is 11.3 Å². The lowest BCUT2D eigenvalue weighted by Crippen LogP contribution is -2.38. The normalized spacial score (nSPS) is 24.9. The average Bonchev–Trinajstić information content (AvgIpc) is 3.59. The van der Waals surface area contributed by atoms with Gasteiger partial charge >= 0.3 is 0 Å². The van der Waals surface area contributed by atoms with E-state index in [9.17, 15) is 11.3 Å². The van der Waals surface area contributed by atoms with Crippen molar-refractivity contribution in [1.29, 1.82) is 0 Å². The number of fused-ring (bicyclic) bond motifs is 1. The average molecular weight is 660 g/mol. The molecule has 7 nitrogen and oxygen atoms in total. The van der Waals surface area contributed by atoms with Gasteiger partial charge in [0.2, 0.25) is 19.7 Å². The van der Waals surface area contributed by atoms with E-state index >= 15 is 4.39 Å². The molecule has 10 heteroatoms. The van der Waals surface area contributed by atoms with Gasteiger partial charge in [0.05, 0.1) is 11.3 Å². The summed E-state index contributed by atoms with van der Waals surface area (Å²) in [5.74, 6) is 0.0854. The third-order valence-electron chi connectivity index (χ3n) is 8.35. The summed E-state index contributed by atoms with van der Waals surface area (Å²) in [5.41, 5.74) is 4.22. The number of nitrogens with zero attached hydrogens (tertiary/aromatic N) is 4. The van der Waals surface area contributed by atoms with E-state index in [0.29, 0.717) is 42.2 Å². The number of imidazole rings is 1. The minimum atomic E-state index is -3.24. The SMILES string of the molecule is C[C@@H]1CCCCCN1C(=O)c1cc(C2CC2)c2nc(-c3ccc(N4CCC([Si])(/C=I(=O)\O)C4)cc3F)cn2c1. The van der Waals surface area contributed by atoms with Crippen molar-refractivity contribution in [1.82, 2.24) is 14.3 Å². The van der Waals surface area contributed by atoms with E-state index in [1.54, 1.807) is 6.07 Å². The zero-order valence-corrected chi connectivity index (χ0v) is 25.2. The Morgan fingerprint density at radius 1 is 1.18 bits per heavy atom. The molecule has 1 unspecified atom stereocenters. The Labute approximate surface area is 238 Å². The molecule has 1 aromatic carbocycles. The summed E-state index contributed by atoms with van der Waals surface area (Å²) in [5, 5.41) is -0.530. The van der Waals surface area contributed by atoms with Crippen LogP contribution in [-0.2, 0) is 3.07 Å². The Kier molecular flexibility index (Phi) is 7.30. The number of halogens is 2. The highest BCUT2D eigenvalue weighted by atomic mass is 127. The maximum atomic E-state index is 15.5. The van der Waals surface area contributed by atoms with Crippen LogP contribution in [0, 0.1) is 5.82 Å². The molecule has 2 atom stereocenters. The van der Waals surface area contributed by atoms with Gasteiger partial charge in [0.15, 0.2) is 0 Å². The summed E-state index contributed by atoms with van der Waals surface area (Å²) in [6, 6.07) is 7.39. The Morgan fingerprint density at radius 2 is 2.00 bits per heavy atom. The maximum absolute atomic E-state index is 15.5. The molecule has 3 aromatic rings. The molecule has 4 heterocycles. The molecule has 1 aliphatic carbocycles. The third-order valence-corrected chi connectivity index (χ3v) is 11.2. The van der Waals surface area contributed by atoms with Crippen LogP contribution < -0.4 is 4.90 Å². The number of aromatic nitrogens is 2. The van der Waals surface area contributed by atoms with E-state index in [1.165, 1.54) is 10.1 Å². The Balaban J connectivity index is 1.31. The fourth-order valence-corrected chi connectivity index (χ4v) is 8.50. The fourth-order valence-electron chi connectivity index (χ4n) is 6.04. The number of pyridine rings is 1. The molecule has 3 radical (unpaired) electrons. The lowest BCUT2D eigenvalue weighted by molar-refractivity contribution is 0.0697. The number of hydrogen-bond donors (Lipinski definition) is 1. The van der Waals surface area contributed by atoms with Gasteiger partial charge in [0, 0.05) is 68.6 Å². The predicted octanol–water partition coefficient (Wildman–Crippen LogP) is 5.52. The molecule has 205 valence electrons. The summed E-state index contributed by atoms with van der Waals surface area (Å²) in [7, 11) is 3.65. The standard InChI is InChI=1S/C29H33FIN4O3Si/c1-19-5-3-2-4-11-35(19)28(36)21-13-24(20-6-7-20)27-32-26(16-34(27)15-21)23-9-8-22(14-25(23)30)33-12-10-29(39,18-33)17-31(37)38/h8-9,13-17,19-20H,2-7,10-12,18H2,1H3,(H,37,38)/t19-,29?/m1/s1. The van der Waals surface area contributed by atoms with Crippen molar-refractivity contribution in [2.24, 2.45) is 0 Å². The molecule has 2 aliphatic heterocycles. The zero-order chi connectivity index (χ0) is 27.3. The highest BCUT2D eigenvalue weighted by Gasteiger charge is 2.34. The fraction of sp³-hybridized carbons (Fsp3) is 0.483. The van der Waals surface area contributed by atoms with E-state index in [1.807, 2.05) is 38.7 Å². The minimum absolute atomic E-state index is 0.0667. The van der Waals surface area contributed by atoms with Crippen molar-refractivity contribution in [2.75, 3.05) is 24.5 Å². The van der Waals surface area contributed by atoms with Crippen molar-refractivity contribution in [3.63, 3.8) is 0 Å². The number of amides is 1. The quantitative estimate of drug-likeness (QED) is 0.289. The van der Waals surface area contributed by atoms with Crippen LogP contribution in [0.4, 0.5) is 10.1 Å². The van der Waals surface area contributed by atoms with Crippen molar-refractivity contribution in [3.05, 3.63) is 53.6 Å². The Bertz CT molecular complexity index is 1520. The number of likely N-dealkylation sites (tertiary alicyclic amines) is 1. The van der Waals surface area contributed by atoms with Gasteiger partial charge in [-0.3, -0.25) is 4.79 Å². The second-order valence-electron chi connectivity index (χ2n) is 11.4. The second kappa shape index (κ2) is 10.6. The van der Waals surface area contributed by atoms with Gasteiger partial charge < -0.3 is 17.6 Å². The van der Waals surface area contributed by atoms with Crippen LogP contribution in [0.3, 0.4) is 0 Å². The molecule has 0 spiro atoms. The second-order valence-corrected chi connectivity index (χ2v) is 14.4. The first kappa shape index (κ1) is 26.9. The molecule has 39 heavy (non-hydrogen) atoms. The van der Waals surface area contributed by atoms with E-state index in [0.717, 1.165) is 62.0 Å². The van der Waals surface area contributed by atoms with Crippen molar-refractivity contribution >= 4 is 51.2 Å². The highest BCUT2D eigenvalue weighted by Crippen LogP contribution is 2.43. The van der Waals surface area contributed by atoms with Gasteiger partial charge in [-0.15, -0.1) is 0 Å². The molecule has 2 aromatic heterocycles. The minimum Gasteiger partial charge on any atom is -0.371 e. The van der Waals surface area contributed by atoms with Crippen molar-refractivity contribution in [2.45, 2.75) is 68.9 Å². The van der Waals surface area contributed by atoms with Crippen LogP contribution in [0.2, 0.25) is 5.04 Å². The number of hydrogen-bond acceptors (Lipinski definition) is 4. The largest absolute Gasteiger partial charge is 0.371 e. The number of rotatable bonds is 5. The van der Waals surface area contributed by atoms with Crippen LogP contribution in [0.1, 0.15) is 73.7 Å². The van der Waals surface area contributed by atoms with Crippen LogP contribution in [0.5, 0.6) is 0 Å². The number of anilines is 1. The molecule has 0 bridgehead atoms. The maximum Gasteiger partial charge on any atom is 0.255 e. The van der Waals surface area contributed by atoms with Gasteiger partial charge in [-0.25, -0.2) is 12.4 Å². The highest BCUT2D eigenvalue weighted by molar-refractivity contribution is 14.2. The first-order valence-corrected chi connectivity index (χ1v) is 17.3. The lowest BCUT2D eigenvalue weighted by Gasteiger charge is -2.27. The number of carbonyl (C=O) groups excluding carboxylic acids is 1. The van der Waals surface area contributed by atoms with Gasteiger partial charge in [-0.1, -0.05) is 12.8 Å². The summed E-state index contributed by atoms with van der Waals surface area (Å²) >= 11 is -3.24. The van der Waals surface area contributed by atoms with Crippen LogP contribution in [0.15, 0.2) is 36.7 Å². The first-order chi connectivity index (χ1) is 18.7. The molecule has 6 rings (SSSR count). The Morgan fingerprint density at radius 3 is 2.74 bits per heavy atom. The molecule has 1 saturated carbocycles. The van der Waals surface area contributed by atoms with Gasteiger partial charge in [0.1, 0.15) is 11.5 Å². The van der Waals surface area contributed by atoms with E-state index in [2.05, 4.69) is 17.2 Å². The topological polar surface area (TPSA) is 78.2 Å². The summed E-state index contributed by atoms with van der Waals surface area (Å²) in [6.45, 7) is 4.09. The monoisotopic (exact) mass is 659 g/mol. The van der Waals surface area contributed by atoms with Gasteiger partial charge in [0.25, 0.3) is 5.91 Å². The smallest absolute Gasteiger partial charge is 0.255 e. The molecule has 2 saturated heterocycles. The van der Waals surface area contributed by atoms with E-state index < -0.39 is 24.8 Å². The Hall–Kier alpha value is -2.31. The number of benzene rings is 1. The zero-order valence-electron chi connectivity index (χ0n) is 22.1. The molecule has 1 amide bonds. The summed E-state index contributed by atoms with van der Waals surface area (Å²) < 4.78 is 39.7. The van der Waals surface area contributed by atoms with Crippen molar-refractivity contribution < 1.29 is 15.7 Å². The van der Waals surface area contributed by atoms with Gasteiger partial charge in [-0.2, -0.15) is 0 Å². The first-order valence-electron chi connectivity index (χ1n) is 13.8. The van der Waals surface area contributed by atoms with Crippen LogP contribution in [0.25, 0.3) is 16.9 Å². The predicted molar refractivity (Wildman–Crippen MR) is 160 cm³/mol. The molecule has 3 aliphatic rings.